The van der Waals surface area contributed by atoms with Gasteiger partial charge in [-0.15, -0.1) is 0 Å². The number of ether oxygens (including phenoxy) is 1. The predicted molar refractivity (Wildman–Crippen MR) is 213 cm³/mol. The second kappa shape index (κ2) is 19.1. The maximum atomic E-state index is 13.8. The SMILES string of the molecule is CCCCCCCCCCCCC(Oc1ccc(O)c(C(C)(C)C)c1)C(=O)Nc1ccc(Cl)c(NC2C=NN(c3c(Cl)cc(Cl)cc3Cl)C2=O)c1. The minimum atomic E-state index is -0.879. The number of benzene rings is 3. The number of nitrogens with zero attached hydrogens (tertiary/aromatic N) is 2. The van der Waals surface area contributed by atoms with Crippen LogP contribution in [0, 0.1) is 0 Å². The van der Waals surface area contributed by atoms with Gasteiger partial charge in [-0.2, -0.15) is 10.1 Å². The van der Waals surface area contributed by atoms with Crippen LogP contribution in [0.2, 0.25) is 20.1 Å². The van der Waals surface area contributed by atoms with Gasteiger partial charge in [0, 0.05) is 16.3 Å². The summed E-state index contributed by atoms with van der Waals surface area (Å²) in [6.07, 6.45) is 12.9. The zero-order valence-electron chi connectivity index (χ0n) is 29.7. The molecule has 8 nitrogen and oxygen atoms in total. The molecule has 0 saturated carbocycles. The van der Waals surface area contributed by atoms with Gasteiger partial charge in [-0.05, 0) is 66.8 Å². The van der Waals surface area contributed by atoms with E-state index in [9.17, 15) is 14.7 Å². The number of hydrogen-bond donors (Lipinski definition) is 3. The van der Waals surface area contributed by atoms with Gasteiger partial charge in [0.15, 0.2) is 6.10 Å². The Morgan fingerprint density at radius 3 is 2.14 bits per heavy atom. The number of phenols is 1. The second-order valence-electron chi connectivity index (χ2n) is 13.9. The molecule has 2 unspecified atom stereocenters. The molecule has 0 aliphatic carbocycles. The molecule has 2 atom stereocenters. The van der Waals surface area contributed by atoms with Crippen molar-refractivity contribution in [3.63, 3.8) is 0 Å². The second-order valence-corrected chi connectivity index (χ2v) is 15.6. The van der Waals surface area contributed by atoms with Gasteiger partial charge in [0.05, 0.1) is 27.0 Å². The molecule has 0 radical (unpaired) electrons. The fraction of sp³-hybridized carbons (Fsp3) is 0.462. The van der Waals surface area contributed by atoms with E-state index in [0.717, 1.165) is 29.8 Å². The largest absolute Gasteiger partial charge is 0.508 e. The number of phenolic OH excluding ortho intramolecular Hbond substituents is 1. The zero-order valence-corrected chi connectivity index (χ0v) is 32.7. The van der Waals surface area contributed by atoms with Gasteiger partial charge in [-0.3, -0.25) is 9.59 Å². The number of hydrogen-bond acceptors (Lipinski definition) is 6. The summed E-state index contributed by atoms with van der Waals surface area (Å²) < 4.78 is 6.32. The van der Waals surface area contributed by atoms with E-state index in [1.165, 1.54) is 63.3 Å². The first kappa shape index (κ1) is 40.6. The van der Waals surface area contributed by atoms with Gasteiger partial charge in [0.25, 0.3) is 11.8 Å². The average molecular weight is 779 g/mol. The molecule has 0 fully saturated rings. The molecule has 0 aromatic heterocycles. The molecule has 276 valence electrons. The topological polar surface area (TPSA) is 103 Å². The molecule has 3 N–H and O–H groups in total. The van der Waals surface area contributed by atoms with Gasteiger partial charge >= 0.3 is 0 Å². The number of nitrogens with one attached hydrogen (secondary N) is 2. The van der Waals surface area contributed by atoms with E-state index in [4.69, 9.17) is 51.1 Å². The van der Waals surface area contributed by atoms with Gasteiger partial charge in [0.2, 0.25) is 0 Å². The fourth-order valence-electron chi connectivity index (χ4n) is 5.91. The average Bonchev–Trinajstić information content (AvgIpc) is 3.41. The third-order valence-corrected chi connectivity index (χ3v) is 9.84. The summed E-state index contributed by atoms with van der Waals surface area (Å²) in [6.45, 7) is 8.26. The molecule has 51 heavy (non-hydrogen) atoms. The van der Waals surface area contributed by atoms with E-state index >= 15 is 0 Å². The Kier molecular flexibility index (Phi) is 15.2. The van der Waals surface area contributed by atoms with E-state index in [-0.39, 0.29) is 32.8 Å². The number of rotatable bonds is 18. The maximum absolute atomic E-state index is 13.8. The normalized spacial score (nSPS) is 14.9. The van der Waals surface area contributed by atoms with E-state index in [1.807, 2.05) is 20.8 Å². The van der Waals surface area contributed by atoms with Crippen molar-refractivity contribution >= 4 is 81.5 Å². The van der Waals surface area contributed by atoms with Crippen molar-refractivity contribution in [2.75, 3.05) is 15.6 Å². The molecule has 1 aliphatic rings. The maximum Gasteiger partial charge on any atom is 0.275 e. The van der Waals surface area contributed by atoms with Crippen LogP contribution in [0.4, 0.5) is 17.1 Å². The molecule has 2 amide bonds. The number of anilines is 3. The van der Waals surface area contributed by atoms with Crippen LogP contribution in [0.5, 0.6) is 11.5 Å². The van der Waals surface area contributed by atoms with Crippen LogP contribution in [-0.2, 0) is 15.0 Å². The standard InChI is InChI=1S/C39H48Cl4N4O4/c1-5-6-7-8-9-10-11-12-13-14-15-35(51-27-17-19-34(48)28(23-27)39(2,3)4)37(49)45-26-16-18-29(41)32(22-26)46-33-24-44-47(38(33)50)36-30(42)20-25(40)21-31(36)43/h16-24,33,35,46,48H,5-15H2,1-4H3,(H,45,49). The van der Waals surface area contributed by atoms with Crippen LogP contribution in [0.3, 0.4) is 0 Å². The van der Waals surface area contributed by atoms with Crippen LogP contribution in [0.1, 0.15) is 104 Å². The van der Waals surface area contributed by atoms with Crippen LogP contribution in [-0.4, -0.2) is 35.3 Å². The third kappa shape index (κ3) is 11.7. The molecule has 0 spiro atoms. The fourth-order valence-corrected chi connectivity index (χ4v) is 7.06. The van der Waals surface area contributed by atoms with Crippen LogP contribution < -0.4 is 20.4 Å². The summed E-state index contributed by atoms with van der Waals surface area (Å²) >= 11 is 25.2. The summed E-state index contributed by atoms with van der Waals surface area (Å²) in [5.74, 6) is -0.0608. The van der Waals surface area contributed by atoms with Crippen LogP contribution >= 0.6 is 46.4 Å². The molecule has 12 heteroatoms. The molecule has 3 aromatic rings. The van der Waals surface area contributed by atoms with Crippen molar-refractivity contribution in [3.8, 4) is 11.5 Å². The Morgan fingerprint density at radius 1 is 0.882 bits per heavy atom. The van der Waals surface area contributed by atoms with Crippen LogP contribution in [0.15, 0.2) is 53.6 Å². The molecular formula is C39H48Cl4N4O4. The molecule has 3 aromatic carbocycles. The Labute approximate surface area is 321 Å². The Balaban J connectivity index is 1.43. The first-order valence-electron chi connectivity index (χ1n) is 17.7. The van der Waals surface area contributed by atoms with Crippen molar-refractivity contribution < 1.29 is 19.4 Å². The van der Waals surface area contributed by atoms with Crippen molar-refractivity contribution in [2.45, 2.75) is 116 Å². The lowest BCUT2D eigenvalue weighted by Gasteiger charge is -2.23. The van der Waals surface area contributed by atoms with Crippen molar-refractivity contribution in [1.29, 1.82) is 0 Å². The molecular weight excluding hydrogens is 730 g/mol. The number of amides is 2. The van der Waals surface area contributed by atoms with Gasteiger partial charge in [-0.25, -0.2) is 0 Å². The number of carbonyl (C=O) groups is 2. The monoisotopic (exact) mass is 776 g/mol. The summed E-state index contributed by atoms with van der Waals surface area (Å²) in [5.41, 5.74) is 1.51. The summed E-state index contributed by atoms with van der Waals surface area (Å²) in [5, 5.41) is 22.9. The first-order valence-corrected chi connectivity index (χ1v) is 19.2. The minimum absolute atomic E-state index is 0.179. The highest BCUT2D eigenvalue weighted by Crippen LogP contribution is 2.39. The highest BCUT2D eigenvalue weighted by Gasteiger charge is 2.33. The van der Waals surface area contributed by atoms with E-state index in [2.05, 4.69) is 22.7 Å². The molecule has 1 aliphatic heterocycles. The van der Waals surface area contributed by atoms with Gasteiger partial charge < -0.3 is 20.5 Å². The first-order chi connectivity index (χ1) is 24.3. The highest BCUT2D eigenvalue weighted by molar-refractivity contribution is 6.42. The zero-order chi connectivity index (χ0) is 37.1. The predicted octanol–water partition coefficient (Wildman–Crippen LogP) is 11.8. The lowest BCUT2D eigenvalue weighted by atomic mass is 9.86. The third-order valence-electron chi connectivity index (χ3n) is 8.71. The van der Waals surface area contributed by atoms with E-state index in [0.29, 0.717) is 33.6 Å². The lowest BCUT2D eigenvalue weighted by Crippen LogP contribution is -2.35. The van der Waals surface area contributed by atoms with Gasteiger partial charge in [0.1, 0.15) is 23.2 Å². The number of halogens is 4. The van der Waals surface area contributed by atoms with Gasteiger partial charge in [-0.1, -0.05) is 132 Å². The molecule has 1 heterocycles. The lowest BCUT2D eigenvalue weighted by molar-refractivity contribution is -0.123. The number of unbranched alkanes of at least 4 members (excludes halogenated alkanes) is 9. The Hall–Kier alpha value is -3.17. The minimum Gasteiger partial charge on any atom is -0.508 e. The highest BCUT2D eigenvalue weighted by atomic mass is 35.5. The number of hydrazone groups is 1. The Morgan fingerprint density at radius 2 is 1.51 bits per heavy atom. The van der Waals surface area contributed by atoms with E-state index < -0.39 is 18.1 Å². The van der Waals surface area contributed by atoms with Crippen molar-refractivity contribution in [3.05, 3.63) is 74.2 Å². The number of carbonyl (C=O) groups excluding carboxylic acids is 2. The molecule has 4 rings (SSSR count). The van der Waals surface area contributed by atoms with Crippen molar-refractivity contribution in [1.82, 2.24) is 0 Å². The number of aromatic hydroxyl groups is 1. The quantitative estimate of drug-likeness (QED) is 0.112. The summed E-state index contributed by atoms with van der Waals surface area (Å²) in [7, 11) is 0. The Bertz CT molecular complexity index is 1670. The van der Waals surface area contributed by atoms with Crippen molar-refractivity contribution in [2.24, 2.45) is 5.10 Å². The van der Waals surface area contributed by atoms with Crippen LogP contribution in [0.25, 0.3) is 0 Å². The summed E-state index contributed by atoms with van der Waals surface area (Å²) in [6, 6.07) is 12.1. The van der Waals surface area contributed by atoms with E-state index in [1.54, 1.807) is 36.4 Å². The molecule has 0 bridgehead atoms. The molecule has 0 saturated heterocycles. The summed E-state index contributed by atoms with van der Waals surface area (Å²) in [4.78, 5) is 27.1. The smallest absolute Gasteiger partial charge is 0.275 e.